The van der Waals surface area contributed by atoms with E-state index in [2.05, 4.69) is 53.5 Å². The van der Waals surface area contributed by atoms with E-state index < -0.39 is 5.82 Å². The zero-order valence-electron chi connectivity index (χ0n) is 44.7. The van der Waals surface area contributed by atoms with Crippen molar-refractivity contribution in [3.63, 3.8) is 0 Å². The van der Waals surface area contributed by atoms with Gasteiger partial charge in [0.15, 0.2) is 0 Å². The summed E-state index contributed by atoms with van der Waals surface area (Å²) in [5.74, 6) is -0.885. The monoisotopic (exact) mass is 1070 g/mol. The molecule has 19 nitrogen and oxygen atoms in total. The number of carbonyl (C=O) groups is 3. The third kappa shape index (κ3) is 11.8. The van der Waals surface area contributed by atoms with Crippen LogP contribution in [-0.2, 0) is 53.1 Å². The van der Waals surface area contributed by atoms with E-state index in [4.69, 9.17) is 19.5 Å². The molecule has 6 unspecified atom stereocenters. The number of hydrogen-bond donors (Lipinski definition) is 6. The Kier molecular flexibility index (Phi) is 16.2. The third-order valence-electron chi connectivity index (χ3n) is 15.5. The molecule has 3 saturated heterocycles. The summed E-state index contributed by atoms with van der Waals surface area (Å²) >= 11 is 0. The Morgan fingerprint density at radius 1 is 0.577 bits per heavy atom. The first-order valence-corrected chi connectivity index (χ1v) is 27.0. The van der Waals surface area contributed by atoms with E-state index in [-0.39, 0.29) is 65.9 Å². The summed E-state index contributed by atoms with van der Waals surface area (Å²) in [6, 6.07) is 17.8. The van der Waals surface area contributed by atoms with E-state index in [9.17, 15) is 23.2 Å². The summed E-state index contributed by atoms with van der Waals surface area (Å²) in [7, 11) is 0. The standard InChI is InChI=1S/C19H20FN5O2.C19H23FN4O2.C19H24N4O2/c1-11-7-16-14(18(24-23-16)17-3-2-6-27-17)10-25(11)19(26)22-13-4-5-15(20)12(8-13)9-21;1-11-8-13(5-6-15(11)20)21-19(25)24-10-14-16(9-12(24)2)22-23-18(14)17-4-3-7-26-17;1-12-5-3-6-14(9-12)20-19(24)23-11-15-16(10-13(23)2)21-22-18(15)17-7-4-8-25-17/h4-5,8,11,17H,2-3,6-7,10H2,1H3,(H,22,26)(H,23,24);5-6,8,12,17H,3-4,7,9-10H2,1-2H3,(H,21,25)(H,22,23);3,5-6,9,13,17H,4,7-8,10-11H2,1-2H3,(H,20,24)(H,21,22). The van der Waals surface area contributed by atoms with Gasteiger partial charge in [-0.3, -0.25) is 15.3 Å². The summed E-state index contributed by atoms with van der Waals surface area (Å²) in [5, 5.41) is 40.4. The Hall–Kier alpha value is -7.67. The van der Waals surface area contributed by atoms with Crippen molar-refractivity contribution >= 4 is 35.2 Å². The fraction of sp³-hybridized carbons (Fsp3) is 0.456. The number of hydrogen-bond acceptors (Lipinski definition) is 10. The lowest BCUT2D eigenvalue weighted by atomic mass is 9.97. The van der Waals surface area contributed by atoms with Gasteiger partial charge in [-0.15, -0.1) is 0 Å². The molecule has 3 aromatic heterocycles. The Morgan fingerprint density at radius 2 is 0.974 bits per heavy atom. The maximum Gasteiger partial charge on any atom is 0.322 e. The number of nitriles is 1. The minimum absolute atomic E-state index is 0.0152. The van der Waals surface area contributed by atoms with E-state index in [0.717, 1.165) is 133 Å². The van der Waals surface area contributed by atoms with Crippen LogP contribution in [0.5, 0.6) is 0 Å². The number of fused-ring (bicyclic) bond motifs is 3. The van der Waals surface area contributed by atoms with Gasteiger partial charge in [-0.1, -0.05) is 12.1 Å². The molecule has 0 spiro atoms. The number of halogens is 2. The summed E-state index contributed by atoms with van der Waals surface area (Å²) < 4.78 is 44.2. The van der Waals surface area contributed by atoms with Crippen molar-refractivity contribution in [1.29, 1.82) is 5.26 Å². The van der Waals surface area contributed by atoms with Gasteiger partial charge in [-0.25, -0.2) is 23.2 Å². The molecule has 410 valence electrons. The number of urea groups is 3. The number of anilines is 3. The average Bonchev–Trinajstić information content (AvgIpc) is 4.32. The summed E-state index contributed by atoms with van der Waals surface area (Å²) in [5.41, 5.74) is 12.6. The first kappa shape index (κ1) is 53.7. The highest BCUT2D eigenvalue weighted by molar-refractivity contribution is 5.91. The molecule has 0 radical (unpaired) electrons. The minimum Gasteiger partial charge on any atom is -0.372 e. The molecule has 6 atom stereocenters. The second-order valence-electron chi connectivity index (χ2n) is 21.2. The zero-order valence-corrected chi connectivity index (χ0v) is 44.7. The fourth-order valence-corrected chi connectivity index (χ4v) is 11.2. The molecule has 6 aliphatic heterocycles. The Bertz CT molecular complexity index is 3190. The second-order valence-corrected chi connectivity index (χ2v) is 21.2. The van der Waals surface area contributed by atoms with E-state index >= 15 is 0 Å². The molecule has 0 bridgehead atoms. The smallest absolute Gasteiger partial charge is 0.322 e. The van der Waals surface area contributed by atoms with Crippen molar-refractivity contribution in [3.8, 4) is 6.07 Å². The lowest BCUT2D eigenvalue weighted by molar-refractivity contribution is 0.106. The molecule has 6 amide bonds. The molecule has 78 heavy (non-hydrogen) atoms. The molecular formula is C57H67F2N13O6. The first-order valence-electron chi connectivity index (χ1n) is 27.0. The molecule has 6 N–H and O–H groups in total. The van der Waals surface area contributed by atoms with Crippen LogP contribution in [0.15, 0.2) is 60.7 Å². The van der Waals surface area contributed by atoms with Gasteiger partial charge in [0.05, 0.1) is 42.3 Å². The number of ether oxygens (including phenoxy) is 3. The summed E-state index contributed by atoms with van der Waals surface area (Å²) in [6.07, 6.45) is 8.29. The van der Waals surface area contributed by atoms with Crippen molar-refractivity contribution in [2.75, 3.05) is 35.8 Å². The molecule has 6 aromatic rings. The summed E-state index contributed by atoms with van der Waals surface area (Å²) in [4.78, 5) is 43.8. The van der Waals surface area contributed by atoms with Crippen molar-refractivity contribution in [2.45, 2.75) is 148 Å². The van der Waals surface area contributed by atoms with Crippen molar-refractivity contribution < 1.29 is 37.4 Å². The van der Waals surface area contributed by atoms with Crippen molar-refractivity contribution in [3.05, 3.63) is 140 Å². The number of aromatic amines is 3. The first-order chi connectivity index (χ1) is 37.7. The predicted octanol–water partition coefficient (Wildman–Crippen LogP) is 10.5. The van der Waals surface area contributed by atoms with Crippen LogP contribution in [0.1, 0.15) is 145 Å². The Morgan fingerprint density at radius 3 is 1.35 bits per heavy atom. The van der Waals surface area contributed by atoms with Crippen LogP contribution in [0.4, 0.5) is 40.2 Å². The normalized spacial score (nSPS) is 22.2. The summed E-state index contributed by atoms with van der Waals surface area (Å²) in [6.45, 7) is 13.5. The molecule has 3 fully saturated rings. The average molecular weight is 1070 g/mol. The molecule has 9 heterocycles. The van der Waals surface area contributed by atoms with Crippen LogP contribution in [0.25, 0.3) is 0 Å². The largest absolute Gasteiger partial charge is 0.372 e. The van der Waals surface area contributed by atoms with Crippen LogP contribution < -0.4 is 16.0 Å². The molecule has 0 saturated carbocycles. The highest BCUT2D eigenvalue weighted by atomic mass is 19.1. The fourth-order valence-electron chi connectivity index (χ4n) is 11.2. The Labute approximate surface area is 451 Å². The second kappa shape index (κ2) is 23.5. The molecule has 6 aliphatic rings. The number of carbonyl (C=O) groups excluding carboxylic acids is 3. The molecule has 0 aliphatic carbocycles. The number of nitrogens with zero attached hydrogens (tertiary/aromatic N) is 7. The van der Waals surface area contributed by atoms with Gasteiger partial charge < -0.3 is 44.9 Å². The van der Waals surface area contributed by atoms with Gasteiger partial charge in [0.1, 0.15) is 36.0 Å². The van der Waals surface area contributed by atoms with Gasteiger partial charge in [0.2, 0.25) is 0 Å². The van der Waals surface area contributed by atoms with E-state index in [1.807, 2.05) is 49.9 Å². The van der Waals surface area contributed by atoms with E-state index in [1.54, 1.807) is 34.9 Å². The number of benzene rings is 3. The minimum atomic E-state index is -0.605. The van der Waals surface area contributed by atoms with E-state index in [1.165, 1.54) is 24.3 Å². The maximum atomic E-state index is 13.5. The number of aryl methyl sites for hydroxylation is 2. The van der Waals surface area contributed by atoms with Gasteiger partial charge in [-0.2, -0.15) is 20.6 Å². The number of nitrogens with one attached hydrogen (secondary N) is 6. The van der Waals surface area contributed by atoms with Crippen molar-refractivity contribution in [2.24, 2.45) is 0 Å². The molecular weight excluding hydrogens is 1000 g/mol. The molecule has 3 aromatic carbocycles. The Balaban J connectivity index is 0.000000132. The zero-order chi connectivity index (χ0) is 54.6. The van der Waals surface area contributed by atoms with Crippen LogP contribution in [0.2, 0.25) is 0 Å². The predicted molar refractivity (Wildman–Crippen MR) is 286 cm³/mol. The lowest BCUT2D eigenvalue weighted by Crippen LogP contribution is -2.45. The molecule has 12 rings (SSSR count). The van der Waals surface area contributed by atoms with Crippen molar-refractivity contribution in [1.82, 2.24) is 45.3 Å². The van der Waals surface area contributed by atoms with Gasteiger partial charge >= 0.3 is 18.1 Å². The van der Waals surface area contributed by atoms with Gasteiger partial charge in [0.25, 0.3) is 0 Å². The number of H-pyrrole nitrogens is 3. The maximum absolute atomic E-state index is 13.5. The number of aromatic nitrogens is 6. The highest BCUT2D eigenvalue weighted by Crippen LogP contribution is 2.37. The van der Waals surface area contributed by atoms with Gasteiger partial charge in [-0.05, 0) is 133 Å². The van der Waals surface area contributed by atoms with Gasteiger partial charge in [0, 0.05) is 108 Å². The third-order valence-corrected chi connectivity index (χ3v) is 15.5. The number of rotatable bonds is 6. The number of amides is 6. The SMILES string of the molecule is CC1Cc2[nH]nc(C3CCCO3)c2CN1C(=O)Nc1ccc(F)c(C#N)c1.Cc1cc(NC(=O)N2Cc3c(C4CCCO4)n[nH]c3CC2C)ccc1F.Cc1cccc(NC(=O)N2Cc3c(C4CCCO4)n[nH]c3CC2C)c1. The lowest BCUT2D eigenvalue weighted by Gasteiger charge is -2.33. The highest BCUT2D eigenvalue weighted by Gasteiger charge is 2.37. The van der Waals surface area contributed by atoms with Crippen LogP contribution in [0.3, 0.4) is 0 Å². The topological polar surface area (TPSA) is 235 Å². The van der Waals surface area contributed by atoms with E-state index in [0.29, 0.717) is 43.0 Å². The quantitative estimate of drug-likeness (QED) is 0.0923. The van der Waals surface area contributed by atoms with Crippen LogP contribution >= 0.6 is 0 Å². The van der Waals surface area contributed by atoms with Crippen LogP contribution in [0, 0.1) is 36.8 Å². The molecule has 21 heteroatoms. The van der Waals surface area contributed by atoms with Crippen LogP contribution in [-0.4, -0.2) is 101 Å².